The molecule has 102 valence electrons. The van der Waals surface area contributed by atoms with Crippen molar-refractivity contribution >= 4 is 5.91 Å². The van der Waals surface area contributed by atoms with E-state index in [4.69, 9.17) is 6.42 Å². The van der Waals surface area contributed by atoms with E-state index in [1.54, 1.807) is 0 Å². The zero-order valence-corrected chi connectivity index (χ0v) is 11.4. The van der Waals surface area contributed by atoms with Crippen molar-refractivity contribution in [3.63, 3.8) is 0 Å². The molecule has 0 aromatic carbocycles. The van der Waals surface area contributed by atoms with E-state index in [0.717, 1.165) is 19.4 Å². The molecule has 0 saturated carbocycles. The van der Waals surface area contributed by atoms with E-state index in [1.165, 1.54) is 0 Å². The highest BCUT2D eigenvalue weighted by Crippen LogP contribution is 2.22. The molecular formula is C14H24N2O2. The fourth-order valence-corrected chi connectivity index (χ4v) is 2.13. The summed E-state index contributed by atoms with van der Waals surface area (Å²) >= 11 is 0. The number of aliphatic hydroxyl groups is 1. The summed E-state index contributed by atoms with van der Waals surface area (Å²) in [6, 6.07) is -0.149. The van der Waals surface area contributed by atoms with Crippen LogP contribution < -0.4 is 5.32 Å². The molecule has 18 heavy (non-hydrogen) atoms. The van der Waals surface area contributed by atoms with Gasteiger partial charge in [-0.2, -0.15) is 0 Å². The molecule has 2 N–H and O–H groups in total. The number of terminal acetylenes is 1. The first-order chi connectivity index (χ1) is 8.52. The summed E-state index contributed by atoms with van der Waals surface area (Å²) < 4.78 is 0. The van der Waals surface area contributed by atoms with Crippen LogP contribution in [0.15, 0.2) is 0 Å². The lowest BCUT2D eigenvalue weighted by molar-refractivity contribution is -0.127. The molecule has 1 fully saturated rings. The van der Waals surface area contributed by atoms with Gasteiger partial charge in [-0.15, -0.1) is 6.42 Å². The summed E-state index contributed by atoms with van der Waals surface area (Å²) in [6.45, 7) is 6.08. The topological polar surface area (TPSA) is 52.6 Å². The average molecular weight is 252 g/mol. The van der Waals surface area contributed by atoms with Crippen LogP contribution in [-0.4, -0.2) is 47.2 Å². The van der Waals surface area contributed by atoms with Crippen molar-refractivity contribution in [2.24, 2.45) is 0 Å². The molecule has 1 amide bonds. The third-order valence-electron chi connectivity index (χ3n) is 3.65. The number of nitrogens with zero attached hydrogens (tertiary/aromatic N) is 1. The van der Waals surface area contributed by atoms with Gasteiger partial charge in [0.2, 0.25) is 5.91 Å². The first-order valence-corrected chi connectivity index (χ1v) is 6.74. The first kappa shape index (κ1) is 15.0. The van der Waals surface area contributed by atoms with Gasteiger partial charge in [0.15, 0.2) is 0 Å². The standard InChI is InChI=1S/C14H24N2O2/c1-4-6-9-15-13(17)12(3)16-10-7-14(18,5-2)8-11-16/h2,12,18H,4,6-11H2,1,3H3,(H,15,17). The average Bonchev–Trinajstić information content (AvgIpc) is 2.39. The lowest BCUT2D eigenvalue weighted by Gasteiger charge is -2.37. The summed E-state index contributed by atoms with van der Waals surface area (Å²) in [7, 11) is 0. The van der Waals surface area contributed by atoms with Crippen molar-refractivity contribution in [3.8, 4) is 12.3 Å². The summed E-state index contributed by atoms with van der Waals surface area (Å²) in [5, 5.41) is 12.9. The number of hydrogen-bond acceptors (Lipinski definition) is 3. The zero-order chi connectivity index (χ0) is 13.6. The van der Waals surface area contributed by atoms with Gasteiger partial charge in [0.1, 0.15) is 5.60 Å². The molecule has 0 radical (unpaired) electrons. The maximum Gasteiger partial charge on any atom is 0.237 e. The summed E-state index contributed by atoms with van der Waals surface area (Å²) in [5.74, 6) is 2.50. The molecule has 0 aromatic heterocycles. The van der Waals surface area contributed by atoms with Crippen LogP contribution in [0.5, 0.6) is 0 Å². The fourth-order valence-electron chi connectivity index (χ4n) is 2.13. The Morgan fingerprint density at radius 1 is 1.56 bits per heavy atom. The Balaban J connectivity index is 2.38. The number of piperidine rings is 1. The van der Waals surface area contributed by atoms with E-state index < -0.39 is 5.60 Å². The predicted octanol–water partition coefficient (Wildman–Crippen LogP) is 0.751. The highest BCUT2D eigenvalue weighted by atomic mass is 16.3. The lowest BCUT2D eigenvalue weighted by Crippen LogP contribution is -2.51. The Kier molecular flexibility index (Phi) is 5.64. The molecule has 1 saturated heterocycles. The highest BCUT2D eigenvalue weighted by molar-refractivity contribution is 5.81. The van der Waals surface area contributed by atoms with Crippen molar-refractivity contribution < 1.29 is 9.90 Å². The van der Waals surface area contributed by atoms with E-state index in [9.17, 15) is 9.90 Å². The number of carbonyl (C=O) groups excluding carboxylic acids is 1. The van der Waals surface area contributed by atoms with E-state index in [-0.39, 0.29) is 11.9 Å². The fraction of sp³-hybridized carbons (Fsp3) is 0.786. The SMILES string of the molecule is C#CC1(O)CCN(C(C)C(=O)NCCCC)CC1. The predicted molar refractivity (Wildman–Crippen MR) is 72.0 cm³/mol. The van der Waals surface area contributed by atoms with Crippen molar-refractivity contribution in [1.82, 2.24) is 10.2 Å². The molecule has 4 heteroatoms. The number of likely N-dealkylation sites (tertiary alicyclic amines) is 1. The van der Waals surface area contributed by atoms with E-state index >= 15 is 0 Å². The summed E-state index contributed by atoms with van der Waals surface area (Å²) in [6.07, 6.45) is 8.46. The molecule has 0 aliphatic carbocycles. The summed E-state index contributed by atoms with van der Waals surface area (Å²) in [5.41, 5.74) is -0.977. The maximum absolute atomic E-state index is 11.9. The van der Waals surface area contributed by atoms with Crippen LogP contribution in [-0.2, 0) is 4.79 Å². The molecule has 1 aliphatic heterocycles. The number of carbonyl (C=O) groups is 1. The van der Waals surface area contributed by atoms with Gasteiger partial charge in [-0.25, -0.2) is 0 Å². The largest absolute Gasteiger partial charge is 0.378 e. The quantitative estimate of drug-likeness (QED) is 0.561. The second kappa shape index (κ2) is 6.77. The van der Waals surface area contributed by atoms with Gasteiger partial charge < -0.3 is 10.4 Å². The minimum absolute atomic E-state index is 0.0644. The number of unbranched alkanes of at least 4 members (excludes halogenated alkanes) is 1. The highest BCUT2D eigenvalue weighted by Gasteiger charge is 2.33. The molecule has 0 spiro atoms. The molecule has 1 atom stereocenters. The first-order valence-electron chi connectivity index (χ1n) is 6.74. The van der Waals surface area contributed by atoms with Crippen molar-refractivity contribution in [3.05, 3.63) is 0 Å². The Morgan fingerprint density at radius 3 is 2.67 bits per heavy atom. The van der Waals surface area contributed by atoms with Crippen LogP contribution in [0.3, 0.4) is 0 Å². The number of nitrogens with one attached hydrogen (secondary N) is 1. The molecule has 1 heterocycles. The summed E-state index contributed by atoms with van der Waals surface area (Å²) in [4.78, 5) is 14.0. The van der Waals surface area contributed by atoms with Gasteiger partial charge >= 0.3 is 0 Å². The molecule has 4 nitrogen and oxygen atoms in total. The smallest absolute Gasteiger partial charge is 0.237 e. The van der Waals surface area contributed by atoms with E-state index in [2.05, 4.69) is 23.1 Å². The molecule has 0 aromatic rings. The molecule has 1 aliphatic rings. The second-order valence-electron chi connectivity index (χ2n) is 5.03. The number of amides is 1. The van der Waals surface area contributed by atoms with Crippen LogP contribution in [0.1, 0.15) is 39.5 Å². The number of hydrogen-bond donors (Lipinski definition) is 2. The zero-order valence-electron chi connectivity index (χ0n) is 11.4. The van der Waals surface area contributed by atoms with Crippen molar-refractivity contribution in [2.75, 3.05) is 19.6 Å². The van der Waals surface area contributed by atoms with Crippen molar-refractivity contribution in [2.45, 2.75) is 51.2 Å². The third kappa shape index (κ3) is 4.01. The van der Waals surface area contributed by atoms with Gasteiger partial charge in [-0.05, 0) is 13.3 Å². The normalized spacial score (nSPS) is 21.0. The van der Waals surface area contributed by atoms with Crippen LogP contribution in [0.4, 0.5) is 0 Å². The van der Waals surface area contributed by atoms with Gasteiger partial charge in [0, 0.05) is 32.5 Å². The van der Waals surface area contributed by atoms with Gasteiger partial charge in [-0.1, -0.05) is 19.3 Å². The monoisotopic (exact) mass is 252 g/mol. The lowest BCUT2D eigenvalue weighted by atomic mass is 9.92. The second-order valence-corrected chi connectivity index (χ2v) is 5.03. The Bertz CT molecular complexity index is 314. The number of rotatable bonds is 5. The molecule has 0 bridgehead atoms. The van der Waals surface area contributed by atoms with Crippen LogP contribution >= 0.6 is 0 Å². The van der Waals surface area contributed by atoms with Gasteiger partial charge in [-0.3, -0.25) is 9.69 Å². The Labute approximate surface area is 110 Å². The van der Waals surface area contributed by atoms with Crippen LogP contribution in [0.25, 0.3) is 0 Å². The molecule has 1 unspecified atom stereocenters. The van der Waals surface area contributed by atoms with E-state index in [0.29, 0.717) is 25.9 Å². The third-order valence-corrected chi connectivity index (χ3v) is 3.65. The maximum atomic E-state index is 11.9. The van der Waals surface area contributed by atoms with Gasteiger partial charge in [0.05, 0.1) is 6.04 Å². The minimum Gasteiger partial charge on any atom is -0.378 e. The Morgan fingerprint density at radius 2 is 2.17 bits per heavy atom. The van der Waals surface area contributed by atoms with Gasteiger partial charge in [0.25, 0.3) is 0 Å². The van der Waals surface area contributed by atoms with Crippen molar-refractivity contribution in [1.29, 1.82) is 0 Å². The molecule has 1 rings (SSSR count). The Hall–Kier alpha value is -1.05. The van der Waals surface area contributed by atoms with Crippen LogP contribution in [0, 0.1) is 12.3 Å². The minimum atomic E-state index is -0.977. The molecular weight excluding hydrogens is 228 g/mol. The van der Waals surface area contributed by atoms with Crippen LogP contribution in [0.2, 0.25) is 0 Å². The van der Waals surface area contributed by atoms with E-state index in [1.807, 2.05) is 6.92 Å².